The fourth-order valence-corrected chi connectivity index (χ4v) is 4.81. The predicted octanol–water partition coefficient (Wildman–Crippen LogP) is 5.17. The normalized spacial score (nSPS) is 15.3. The summed E-state index contributed by atoms with van der Waals surface area (Å²) in [7, 11) is -4.14. The highest BCUT2D eigenvalue weighted by Gasteiger charge is 2.42. The molecule has 37 heavy (non-hydrogen) atoms. The van der Waals surface area contributed by atoms with Crippen molar-refractivity contribution in [3.05, 3.63) is 52.3 Å². The van der Waals surface area contributed by atoms with Gasteiger partial charge in [-0.05, 0) is 65.8 Å². The highest BCUT2D eigenvalue weighted by Crippen LogP contribution is 2.55. The van der Waals surface area contributed by atoms with Crippen molar-refractivity contribution in [2.24, 2.45) is 5.10 Å². The minimum absolute atomic E-state index is 0.0471. The average molecular weight is 536 g/mol. The standard InChI is InChI=1S/C23H29N4O9P/c1-22(2,3)35-37(32,36-23(4,5)6)33-15-25-20(28)14-26(21(25)29)24-13-18-11-12-19(34-18)16-7-9-17(10-8-16)27(30)31/h7-13H,14-15H2,1-6H3/b24-13+. The van der Waals surface area contributed by atoms with Crippen molar-refractivity contribution in [1.82, 2.24) is 9.91 Å². The molecule has 0 bridgehead atoms. The molecule has 3 amide bonds. The lowest BCUT2D eigenvalue weighted by atomic mass is 10.1. The molecule has 200 valence electrons. The van der Waals surface area contributed by atoms with E-state index in [9.17, 15) is 24.3 Å². The number of carbonyl (C=O) groups is 2. The van der Waals surface area contributed by atoms with E-state index in [2.05, 4.69) is 5.10 Å². The van der Waals surface area contributed by atoms with Crippen LogP contribution in [0.5, 0.6) is 0 Å². The number of benzene rings is 1. The smallest absolute Gasteiger partial charge is 0.455 e. The van der Waals surface area contributed by atoms with Crippen molar-refractivity contribution in [2.75, 3.05) is 13.3 Å². The van der Waals surface area contributed by atoms with Crippen LogP contribution in [0.2, 0.25) is 0 Å². The number of nitro groups is 1. The van der Waals surface area contributed by atoms with Gasteiger partial charge in [-0.1, -0.05) is 0 Å². The average Bonchev–Trinajstić information content (AvgIpc) is 3.32. The molecule has 0 aliphatic carbocycles. The van der Waals surface area contributed by atoms with Crippen LogP contribution >= 0.6 is 7.82 Å². The minimum Gasteiger partial charge on any atom is -0.455 e. The molecule has 0 saturated carbocycles. The summed E-state index contributed by atoms with van der Waals surface area (Å²) in [5.41, 5.74) is -1.20. The van der Waals surface area contributed by atoms with E-state index >= 15 is 0 Å². The number of phosphoric ester groups is 1. The Morgan fingerprint density at radius 3 is 2.19 bits per heavy atom. The summed E-state index contributed by atoms with van der Waals surface area (Å²) in [6.45, 7) is 8.98. The SMILES string of the molecule is CC(C)(C)OP(=O)(OCN1C(=O)CN(/N=C/c2ccc(-c3ccc([N+](=O)[O-])cc3)o2)C1=O)OC(C)(C)C. The summed E-state index contributed by atoms with van der Waals surface area (Å²) >= 11 is 0. The monoisotopic (exact) mass is 536 g/mol. The lowest BCUT2D eigenvalue weighted by Crippen LogP contribution is -2.34. The molecule has 0 radical (unpaired) electrons. The van der Waals surface area contributed by atoms with Crippen LogP contribution in [-0.2, 0) is 22.9 Å². The van der Waals surface area contributed by atoms with Gasteiger partial charge in [0.1, 0.15) is 24.8 Å². The second-order valence-corrected chi connectivity index (χ2v) is 11.5. The van der Waals surface area contributed by atoms with E-state index in [0.29, 0.717) is 11.3 Å². The third kappa shape index (κ3) is 7.80. The number of carbonyl (C=O) groups excluding carboxylic acids is 2. The number of furan rings is 1. The summed E-state index contributed by atoms with van der Waals surface area (Å²) in [5, 5.41) is 15.7. The Bertz CT molecular complexity index is 1220. The summed E-state index contributed by atoms with van der Waals surface area (Å²) in [6.07, 6.45) is 1.25. The van der Waals surface area contributed by atoms with Crippen molar-refractivity contribution >= 4 is 31.7 Å². The number of amides is 3. The number of nitro benzene ring substituents is 1. The van der Waals surface area contributed by atoms with Crippen molar-refractivity contribution in [3.8, 4) is 11.3 Å². The fourth-order valence-electron chi connectivity index (χ4n) is 3.07. The Kier molecular flexibility index (Phi) is 8.03. The lowest BCUT2D eigenvalue weighted by Gasteiger charge is -2.31. The van der Waals surface area contributed by atoms with E-state index in [1.807, 2.05) is 0 Å². The number of nitrogens with zero attached hydrogens (tertiary/aromatic N) is 4. The van der Waals surface area contributed by atoms with Crippen LogP contribution in [0.3, 0.4) is 0 Å². The number of hydrogen-bond donors (Lipinski definition) is 0. The zero-order chi connectivity index (χ0) is 27.6. The zero-order valence-electron chi connectivity index (χ0n) is 21.4. The topological polar surface area (TPSA) is 154 Å². The molecule has 0 unspecified atom stereocenters. The van der Waals surface area contributed by atoms with Crippen molar-refractivity contribution in [1.29, 1.82) is 0 Å². The fraction of sp³-hybridized carbons (Fsp3) is 0.435. The molecule has 3 rings (SSSR count). The van der Waals surface area contributed by atoms with Gasteiger partial charge in [0.2, 0.25) is 0 Å². The van der Waals surface area contributed by atoms with Crippen LogP contribution in [0.25, 0.3) is 11.3 Å². The van der Waals surface area contributed by atoms with Crippen LogP contribution in [0, 0.1) is 10.1 Å². The Balaban J connectivity index is 1.66. The van der Waals surface area contributed by atoms with E-state index in [4.69, 9.17) is 18.0 Å². The molecule has 0 spiro atoms. The Labute approximate surface area is 213 Å². The Hall–Kier alpha value is -3.38. The summed E-state index contributed by atoms with van der Waals surface area (Å²) in [5.74, 6) is 0.0971. The van der Waals surface area contributed by atoms with Crippen LogP contribution in [0.1, 0.15) is 47.3 Å². The number of imide groups is 1. The Morgan fingerprint density at radius 1 is 1.05 bits per heavy atom. The summed E-state index contributed by atoms with van der Waals surface area (Å²) in [4.78, 5) is 36.2. The van der Waals surface area contributed by atoms with Gasteiger partial charge < -0.3 is 4.42 Å². The molecule has 1 fully saturated rings. The molecule has 0 atom stereocenters. The first kappa shape index (κ1) is 28.2. The molecule has 1 aliphatic rings. The number of hydrogen-bond acceptors (Lipinski definition) is 10. The highest BCUT2D eigenvalue weighted by atomic mass is 31.2. The largest absolute Gasteiger partial charge is 0.477 e. The van der Waals surface area contributed by atoms with Gasteiger partial charge in [-0.25, -0.2) is 19.3 Å². The van der Waals surface area contributed by atoms with Crippen molar-refractivity contribution < 1.29 is 37.1 Å². The van der Waals surface area contributed by atoms with Gasteiger partial charge in [-0.15, -0.1) is 0 Å². The van der Waals surface area contributed by atoms with E-state index in [1.54, 1.807) is 65.8 Å². The maximum atomic E-state index is 13.2. The molecule has 2 heterocycles. The maximum Gasteiger partial charge on any atom is 0.477 e. The number of rotatable bonds is 9. The van der Waals surface area contributed by atoms with E-state index in [-0.39, 0.29) is 18.0 Å². The first-order chi connectivity index (χ1) is 17.1. The third-order valence-electron chi connectivity index (χ3n) is 4.47. The molecule has 0 N–H and O–H groups in total. The predicted molar refractivity (Wildman–Crippen MR) is 133 cm³/mol. The summed E-state index contributed by atoms with van der Waals surface area (Å²) < 4.78 is 35.2. The molecular formula is C23H29N4O9P. The molecule has 1 saturated heterocycles. The van der Waals surface area contributed by atoms with Gasteiger partial charge in [0.15, 0.2) is 0 Å². The van der Waals surface area contributed by atoms with Gasteiger partial charge in [0.25, 0.3) is 11.6 Å². The zero-order valence-corrected chi connectivity index (χ0v) is 22.3. The van der Waals surface area contributed by atoms with Crippen LogP contribution < -0.4 is 0 Å². The van der Waals surface area contributed by atoms with Crippen LogP contribution in [0.4, 0.5) is 10.5 Å². The second kappa shape index (κ2) is 10.5. The third-order valence-corrected chi connectivity index (χ3v) is 6.44. The van der Waals surface area contributed by atoms with Gasteiger partial charge in [0, 0.05) is 17.7 Å². The first-order valence-corrected chi connectivity index (χ1v) is 12.7. The van der Waals surface area contributed by atoms with Crippen molar-refractivity contribution in [3.63, 3.8) is 0 Å². The maximum absolute atomic E-state index is 13.2. The quantitative estimate of drug-likeness (QED) is 0.139. The van der Waals surface area contributed by atoms with Crippen molar-refractivity contribution in [2.45, 2.75) is 52.7 Å². The molecule has 14 heteroatoms. The number of phosphoric acid groups is 1. The summed E-state index contributed by atoms with van der Waals surface area (Å²) in [6, 6.07) is 8.24. The Morgan fingerprint density at radius 2 is 1.65 bits per heavy atom. The van der Waals surface area contributed by atoms with Crippen LogP contribution in [-0.4, -0.2) is 57.5 Å². The van der Waals surface area contributed by atoms with Gasteiger partial charge in [0.05, 0.1) is 22.3 Å². The van der Waals surface area contributed by atoms with Gasteiger partial charge in [-0.2, -0.15) is 5.10 Å². The molecule has 1 aromatic heterocycles. The molecular weight excluding hydrogens is 507 g/mol. The highest BCUT2D eigenvalue weighted by molar-refractivity contribution is 7.48. The first-order valence-electron chi connectivity index (χ1n) is 11.2. The lowest BCUT2D eigenvalue weighted by molar-refractivity contribution is -0.384. The second-order valence-electron chi connectivity index (χ2n) is 10.0. The molecule has 2 aromatic rings. The number of non-ortho nitro benzene ring substituents is 1. The molecule has 1 aliphatic heterocycles. The number of hydrazone groups is 1. The van der Waals surface area contributed by atoms with Gasteiger partial charge >= 0.3 is 13.9 Å². The van der Waals surface area contributed by atoms with E-state index in [1.165, 1.54) is 18.3 Å². The number of urea groups is 1. The van der Waals surface area contributed by atoms with E-state index < -0.39 is 42.6 Å². The molecule has 1 aromatic carbocycles. The minimum atomic E-state index is -4.14. The van der Waals surface area contributed by atoms with E-state index in [0.717, 1.165) is 9.91 Å². The van der Waals surface area contributed by atoms with Crippen LogP contribution in [0.15, 0.2) is 45.9 Å². The molecule has 13 nitrogen and oxygen atoms in total. The van der Waals surface area contributed by atoms with Gasteiger partial charge in [-0.3, -0.25) is 28.5 Å².